The van der Waals surface area contributed by atoms with E-state index in [1.807, 2.05) is 48.5 Å². The summed E-state index contributed by atoms with van der Waals surface area (Å²) in [5.74, 6) is 0.0504. The van der Waals surface area contributed by atoms with Gasteiger partial charge in [-0.2, -0.15) is 0 Å². The fraction of sp³-hybridized carbons (Fsp3) is 0.280. The lowest BCUT2D eigenvalue weighted by atomic mass is 10.1. The summed E-state index contributed by atoms with van der Waals surface area (Å²) in [6.45, 7) is 7.00. The Morgan fingerprint density at radius 2 is 1.78 bits per heavy atom. The van der Waals surface area contributed by atoms with Gasteiger partial charge < -0.3 is 9.64 Å². The number of thiazole rings is 1. The van der Waals surface area contributed by atoms with Crippen LogP contribution in [0.5, 0.6) is 5.75 Å². The molecular formula is C25H26FN3O2S. The second kappa shape index (κ2) is 10.1. The molecule has 0 radical (unpaired) electrons. The van der Waals surface area contributed by atoms with E-state index in [2.05, 4.69) is 23.7 Å². The molecular weight excluding hydrogens is 425 g/mol. The topological polar surface area (TPSA) is 45.7 Å². The predicted molar refractivity (Wildman–Crippen MR) is 129 cm³/mol. The Labute approximate surface area is 191 Å². The highest BCUT2D eigenvalue weighted by atomic mass is 32.1. The highest BCUT2D eigenvalue weighted by Gasteiger charge is 2.22. The van der Waals surface area contributed by atoms with Crippen molar-refractivity contribution in [2.45, 2.75) is 13.8 Å². The summed E-state index contributed by atoms with van der Waals surface area (Å²) in [4.78, 5) is 21.5. The average molecular weight is 452 g/mol. The standard InChI is InChI=1S/C25H26FN3O2S/c1-3-28(4-2)14-15-29(25-27-24-21(26)10-7-11-22(24)32-25)23(30)17-31-20-13-12-18-8-5-6-9-19(18)16-20/h5-13,16H,3-4,14-15,17H2,1-2H3. The van der Waals surface area contributed by atoms with E-state index < -0.39 is 0 Å². The molecule has 4 aromatic rings. The first-order valence-electron chi connectivity index (χ1n) is 10.8. The SMILES string of the molecule is CCN(CC)CCN(C(=O)COc1ccc2ccccc2c1)c1nc2c(F)cccc2s1. The summed E-state index contributed by atoms with van der Waals surface area (Å²) in [6.07, 6.45) is 0. The number of ether oxygens (including phenoxy) is 1. The van der Waals surface area contributed by atoms with Crippen LogP contribution in [0, 0.1) is 5.82 Å². The van der Waals surface area contributed by atoms with Crippen LogP contribution in [0.25, 0.3) is 21.0 Å². The molecule has 1 heterocycles. The van der Waals surface area contributed by atoms with Crippen LogP contribution in [0.2, 0.25) is 0 Å². The van der Waals surface area contributed by atoms with Crippen molar-refractivity contribution in [1.29, 1.82) is 0 Å². The maximum absolute atomic E-state index is 14.2. The first-order chi connectivity index (χ1) is 15.6. The van der Waals surface area contributed by atoms with Crippen molar-refractivity contribution in [1.82, 2.24) is 9.88 Å². The van der Waals surface area contributed by atoms with Crippen molar-refractivity contribution in [3.63, 3.8) is 0 Å². The normalized spacial score (nSPS) is 11.4. The highest BCUT2D eigenvalue weighted by molar-refractivity contribution is 7.22. The van der Waals surface area contributed by atoms with Crippen molar-refractivity contribution in [3.8, 4) is 5.75 Å². The van der Waals surface area contributed by atoms with Crippen LogP contribution in [-0.4, -0.2) is 48.6 Å². The van der Waals surface area contributed by atoms with Gasteiger partial charge in [0.2, 0.25) is 0 Å². The molecule has 32 heavy (non-hydrogen) atoms. The van der Waals surface area contributed by atoms with E-state index in [4.69, 9.17) is 4.74 Å². The van der Waals surface area contributed by atoms with Crippen molar-refractivity contribution in [2.24, 2.45) is 0 Å². The third-order valence-corrected chi connectivity index (χ3v) is 6.55. The van der Waals surface area contributed by atoms with Gasteiger partial charge >= 0.3 is 0 Å². The van der Waals surface area contributed by atoms with Crippen LogP contribution in [-0.2, 0) is 4.79 Å². The summed E-state index contributed by atoms with van der Waals surface area (Å²) in [5, 5.41) is 2.66. The number of para-hydroxylation sites is 1. The van der Waals surface area contributed by atoms with E-state index in [1.54, 1.807) is 11.0 Å². The van der Waals surface area contributed by atoms with Crippen molar-refractivity contribution < 1.29 is 13.9 Å². The van der Waals surface area contributed by atoms with Crippen molar-refractivity contribution >= 4 is 43.4 Å². The van der Waals surface area contributed by atoms with Crippen LogP contribution in [0.1, 0.15) is 13.8 Å². The van der Waals surface area contributed by atoms with E-state index in [0.29, 0.717) is 29.5 Å². The highest BCUT2D eigenvalue weighted by Crippen LogP contribution is 2.30. The molecule has 0 atom stereocenters. The number of hydrogen-bond donors (Lipinski definition) is 0. The lowest BCUT2D eigenvalue weighted by Gasteiger charge is -2.24. The lowest BCUT2D eigenvalue weighted by Crippen LogP contribution is -2.41. The molecule has 1 aromatic heterocycles. The fourth-order valence-corrected chi connectivity index (χ4v) is 4.63. The Kier molecular flexibility index (Phi) is 6.97. The van der Waals surface area contributed by atoms with Crippen LogP contribution >= 0.6 is 11.3 Å². The molecule has 0 saturated heterocycles. The Morgan fingerprint density at radius 3 is 2.53 bits per heavy atom. The zero-order chi connectivity index (χ0) is 22.5. The second-order valence-corrected chi connectivity index (χ2v) is 8.46. The van der Waals surface area contributed by atoms with E-state index in [9.17, 15) is 9.18 Å². The van der Waals surface area contributed by atoms with Crippen LogP contribution in [0.15, 0.2) is 60.7 Å². The second-order valence-electron chi connectivity index (χ2n) is 7.45. The lowest BCUT2D eigenvalue weighted by molar-refractivity contribution is -0.120. The molecule has 7 heteroatoms. The Hall–Kier alpha value is -3.03. The smallest absolute Gasteiger partial charge is 0.266 e. The van der Waals surface area contributed by atoms with Gasteiger partial charge in [-0.25, -0.2) is 9.37 Å². The van der Waals surface area contributed by atoms with Gasteiger partial charge in [-0.3, -0.25) is 9.69 Å². The number of benzene rings is 3. The molecule has 0 saturated carbocycles. The number of rotatable bonds is 9. The molecule has 3 aromatic carbocycles. The van der Waals surface area contributed by atoms with Gasteiger partial charge in [-0.05, 0) is 48.1 Å². The van der Waals surface area contributed by atoms with E-state index in [1.165, 1.54) is 17.4 Å². The van der Waals surface area contributed by atoms with Gasteiger partial charge in [0.15, 0.2) is 11.7 Å². The largest absolute Gasteiger partial charge is 0.484 e. The molecule has 0 unspecified atom stereocenters. The van der Waals surface area contributed by atoms with Crippen molar-refractivity contribution in [3.05, 3.63) is 66.5 Å². The number of fused-ring (bicyclic) bond motifs is 2. The average Bonchev–Trinajstić information content (AvgIpc) is 3.25. The molecule has 166 valence electrons. The van der Waals surface area contributed by atoms with Gasteiger partial charge in [-0.1, -0.05) is 61.6 Å². The number of aromatic nitrogens is 1. The number of halogens is 1. The van der Waals surface area contributed by atoms with E-state index >= 15 is 0 Å². The first kappa shape index (κ1) is 22.2. The van der Waals surface area contributed by atoms with Crippen LogP contribution in [0.3, 0.4) is 0 Å². The third-order valence-electron chi connectivity index (χ3n) is 5.51. The number of carbonyl (C=O) groups excluding carboxylic acids is 1. The molecule has 0 spiro atoms. The molecule has 0 aliphatic heterocycles. The van der Waals surface area contributed by atoms with Crippen molar-refractivity contribution in [2.75, 3.05) is 37.7 Å². The molecule has 4 rings (SSSR count). The number of amides is 1. The predicted octanol–water partition coefficient (Wildman–Crippen LogP) is 5.34. The maximum Gasteiger partial charge on any atom is 0.266 e. The van der Waals surface area contributed by atoms with E-state index in [0.717, 1.165) is 28.6 Å². The van der Waals surface area contributed by atoms with E-state index in [-0.39, 0.29) is 18.3 Å². The molecule has 1 amide bonds. The molecule has 0 N–H and O–H groups in total. The minimum Gasteiger partial charge on any atom is -0.484 e. The first-order valence-corrected chi connectivity index (χ1v) is 11.6. The Morgan fingerprint density at radius 1 is 1.00 bits per heavy atom. The molecule has 0 fully saturated rings. The fourth-order valence-electron chi connectivity index (χ4n) is 3.61. The third kappa shape index (κ3) is 4.89. The number of likely N-dealkylation sites (N-methyl/N-ethyl adjacent to an activating group) is 1. The van der Waals surface area contributed by atoms with Gasteiger partial charge in [0.1, 0.15) is 17.1 Å². The Bertz CT molecular complexity index is 1220. The minimum atomic E-state index is -0.381. The summed E-state index contributed by atoms with van der Waals surface area (Å²) in [7, 11) is 0. The van der Waals surface area contributed by atoms with Crippen LogP contribution in [0.4, 0.5) is 9.52 Å². The summed E-state index contributed by atoms with van der Waals surface area (Å²) in [6, 6.07) is 18.6. The zero-order valence-electron chi connectivity index (χ0n) is 18.3. The summed E-state index contributed by atoms with van der Waals surface area (Å²) < 4.78 is 20.7. The summed E-state index contributed by atoms with van der Waals surface area (Å²) >= 11 is 1.32. The Balaban J connectivity index is 1.54. The monoisotopic (exact) mass is 451 g/mol. The van der Waals surface area contributed by atoms with Gasteiger partial charge in [0.05, 0.1) is 4.70 Å². The molecule has 0 bridgehead atoms. The summed E-state index contributed by atoms with van der Waals surface area (Å²) in [5.41, 5.74) is 0.295. The van der Waals surface area contributed by atoms with Gasteiger partial charge in [0, 0.05) is 13.1 Å². The minimum absolute atomic E-state index is 0.116. The molecule has 5 nitrogen and oxygen atoms in total. The number of anilines is 1. The number of carbonyl (C=O) groups is 1. The molecule has 0 aliphatic rings. The zero-order valence-corrected chi connectivity index (χ0v) is 19.1. The maximum atomic E-state index is 14.2. The number of nitrogens with zero attached hydrogens (tertiary/aromatic N) is 3. The quantitative estimate of drug-likeness (QED) is 0.345. The van der Waals surface area contributed by atoms with Gasteiger partial charge in [0.25, 0.3) is 5.91 Å². The van der Waals surface area contributed by atoms with Gasteiger partial charge in [-0.15, -0.1) is 0 Å². The number of hydrogen-bond acceptors (Lipinski definition) is 5. The van der Waals surface area contributed by atoms with Crippen LogP contribution < -0.4 is 9.64 Å². The molecule has 0 aliphatic carbocycles.